The second kappa shape index (κ2) is 5.08. The molecule has 1 unspecified atom stereocenters. The minimum atomic E-state index is 0.0696. The Balaban J connectivity index is 1.97. The highest BCUT2D eigenvalue weighted by Crippen LogP contribution is 2.27. The lowest BCUT2D eigenvalue weighted by molar-refractivity contribution is 0.500. The van der Waals surface area contributed by atoms with E-state index in [1.807, 2.05) is 19.9 Å². The fourth-order valence-corrected chi connectivity index (χ4v) is 2.42. The number of furan rings is 1. The largest absolute Gasteiger partial charge is 0.466 e. The van der Waals surface area contributed by atoms with Crippen molar-refractivity contribution in [1.82, 2.24) is 20.2 Å². The zero-order chi connectivity index (χ0) is 15.0. The molecular formula is C14H18N6O. The summed E-state index contributed by atoms with van der Waals surface area (Å²) in [4.78, 5) is 8.79. The van der Waals surface area contributed by atoms with Crippen molar-refractivity contribution in [2.45, 2.75) is 26.8 Å². The van der Waals surface area contributed by atoms with Gasteiger partial charge >= 0.3 is 0 Å². The van der Waals surface area contributed by atoms with Crippen LogP contribution in [0.1, 0.15) is 30.0 Å². The van der Waals surface area contributed by atoms with Crippen LogP contribution >= 0.6 is 0 Å². The molecule has 0 aliphatic rings. The van der Waals surface area contributed by atoms with Crippen LogP contribution in [0.15, 0.2) is 16.7 Å². The Bertz CT molecular complexity index is 775. The van der Waals surface area contributed by atoms with Gasteiger partial charge in [0.2, 0.25) is 5.95 Å². The molecule has 0 saturated heterocycles. The van der Waals surface area contributed by atoms with Crippen LogP contribution in [0.25, 0.3) is 11.0 Å². The van der Waals surface area contributed by atoms with Crippen molar-refractivity contribution in [2.75, 3.05) is 17.7 Å². The number of anilines is 2. The number of nitrogens with one attached hydrogen (secondary N) is 3. The van der Waals surface area contributed by atoms with E-state index in [4.69, 9.17) is 4.42 Å². The van der Waals surface area contributed by atoms with Gasteiger partial charge in [0.05, 0.1) is 17.6 Å². The Morgan fingerprint density at radius 3 is 2.76 bits per heavy atom. The molecule has 0 spiro atoms. The predicted molar refractivity (Wildman–Crippen MR) is 81.5 cm³/mol. The molecule has 0 fully saturated rings. The van der Waals surface area contributed by atoms with Crippen LogP contribution in [0.4, 0.5) is 11.8 Å². The lowest BCUT2D eigenvalue weighted by Crippen LogP contribution is -2.10. The number of aromatic nitrogens is 4. The summed E-state index contributed by atoms with van der Waals surface area (Å²) < 4.78 is 5.59. The van der Waals surface area contributed by atoms with Crippen LogP contribution in [0.2, 0.25) is 0 Å². The lowest BCUT2D eigenvalue weighted by atomic mass is 10.1. The lowest BCUT2D eigenvalue weighted by Gasteiger charge is -2.15. The quantitative estimate of drug-likeness (QED) is 0.683. The van der Waals surface area contributed by atoms with E-state index in [1.54, 1.807) is 13.2 Å². The van der Waals surface area contributed by atoms with Gasteiger partial charge in [-0.3, -0.25) is 5.10 Å². The molecule has 0 aliphatic carbocycles. The summed E-state index contributed by atoms with van der Waals surface area (Å²) in [5, 5.41) is 14.1. The fourth-order valence-electron chi connectivity index (χ4n) is 2.42. The van der Waals surface area contributed by atoms with Crippen LogP contribution in [0, 0.1) is 13.8 Å². The van der Waals surface area contributed by atoms with Gasteiger partial charge < -0.3 is 15.1 Å². The minimum Gasteiger partial charge on any atom is -0.466 e. The molecule has 0 bridgehead atoms. The molecule has 0 aromatic carbocycles. The third-order valence-corrected chi connectivity index (χ3v) is 3.43. The molecule has 0 aliphatic heterocycles. The molecular weight excluding hydrogens is 268 g/mol. The highest BCUT2D eigenvalue weighted by atomic mass is 16.3. The molecule has 3 heterocycles. The maximum absolute atomic E-state index is 5.59. The summed E-state index contributed by atoms with van der Waals surface area (Å²) in [7, 11) is 1.79. The molecule has 7 nitrogen and oxygen atoms in total. The Kier molecular flexibility index (Phi) is 3.25. The molecule has 21 heavy (non-hydrogen) atoms. The number of nitrogens with zero attached hydrogens (tertiary/aromatic N) is 3. The van der Waals surface area contributed by atoms with Gasteiger partial charge in [-0.05, 0) is 26.8 Å². The Hall–Kier alpha value is -2.57. The van der Waals surface area contributed by atoms with E-state index in [2.05, 4.69) is 37.7 Å². The van der Waals surface area contributed by atoms with Gasteiger partial charge in [0, 0.05) is 12.6 Å². The summed E-state index contributed by atoms with van der Waals surface area (Å²) >= 11 is 0. The maximum atomic E-state index is 5.59. The van der Waals surface area contributed by atoms with Gasteiger partial charge in [0.15, 0.2) is 5.65 Å². The number of fused-ring (bicyclic) bond motifs is 1. The van der Waals surface area contributed by atoms with Crippen molar-refractivity contribution in [2.24, 2.45) is 0 Å². The van der Waals surface area contributed by atoms with Crippen molar-refractivity contribution in [3.05, 3.63) is 29.3 Å². The van der Waals surface area contributed by atoms with Crippen LogP contribution in [0.3, 0.4) is 0 Å². The van der Waals surface area contributed by atoms with E-state index in [-0.39, 0.29) is 6.04 Å². The highest BCUT2D eigenvalue weighted by molar-refractivity contribution is 5.87. The second-order valence-electron chi connectivity index (χ2n) is 5.01. The SMILES string of the molecule is CNc1nc(NC(C)c2cc(C)oc2C)c2cn[nH]c2n1. The van der Waals surface area contributed by atoms with Crippen LogP contribution in [0.5, 0.6) is 0 Å². The van der Waals surface area contributed by atoms with E-state index in [1.165, 1.54) is 0 Å². The first-order valence-corrected chi connectivity index (χ1v) is 6.81. The molecule has 0 saturated carbocycles. The van der Waals surface area contributed by atoms with Crippen molar-refractivity contribution in [1.29, 1.82) is 0 Å². The Labute approximate surface area is 122 Å². The van der Waals surface area contributed by atoms with Crippen LogP contribution in [-0.4, -0.2) is 27.2 Å². The number of hydrogen-bond donors (Lipinski definition) is 3. The van der Waals surface area contributed by atoms with Crippen molar-refractivity contribution < 1.29 is 4.42 Å². The van der Waals surface area contributed by atoms with Gasteiger partial charge in [-0.25, -0.2) is 0 Å². The molecule has 3 aromatic heterocycles. The number of aromatic amines is 1. The number of hydrogen-bond acceptors (Lipinski definition) is 6. The van der Waals surface area contributed by atoms with Crippen molar-refractivity contribution >= 4 is 22.8 Å². The Morgan fingerprint density at radius 1 is 1.29 bits per heavy atom. The summed E-state index contributed by atoms with van der Waals surface area (Å²) in [6.45, 7) is 5.98. The second-order valence-corrected chi connectivity index (χ2v) is 5.01. The summed E-state index contributed by atoms with van der Waals surface area (Å²) in [5.74, 6) is 3.10. The standard InChI is InChI=1S/C14H18N6O/c1-7-5-10(9(3)21-7)8(2)17-12-11-6-16-20-13(11)19-14(15-4)18-12/h5-6,8H,1-4H3,(H3,15,16,17,18,19,20). The van der Waals surface area contributed by atoms with Crippen LogP contribution in [-0.2, 0) is 0 Å². The summed E-state index contributed by atoms with van der Waals surface area (Å²) in [5.41, 5.74) is 1.82. The normalized spacial score (nSPS) is 12.6. The molecule has 1 atom stereocenters. The smallest absolute Gasteiger partial charge is 0.226 e. The van der Waals surface area contributed by atoms with Crippen LogP contribution < -0.4 is 10.6 Å². The highest BCUT2D eigenvalue weighted by Gasteiger charge is 2.16. The molecule has 110 valence electrons. The third-order valence-electron chi connectivity index (χ3n) is 3.43. The molecule has 3 N–H and O–H groups in total. The van der Waals surface area contributed by atoms with E-state index < -0.39 is 0 Å². The molecule has 3 aromatic rings. The predicted octanol–water partition coefficient (Wildman–Crippen LogP) is 2.78. The van der Waals surface area contributed by atoms with E-state index in [9.17, 15) is 0 Å². The molecule has 3 rings (SSSR count). The molecule has 7 heteroatoms. The van der Waals surface area contributed by atoms with Gasteiger partial charge in [0.1, 0.15) is 17.3 Å². The Morgan fingerprint density at radius 2 is 2.10 bits per heavy atom. The zero-order valence-corrected chi connectivity index (χ0v) is 12.5. The number of aryl methyl sites for hydroxylation is 2. The zero-order valence-electron chi connectivity index (χ0n) is 12.5. The van der Waals surface area contributed by atoms with Crippen molar-refractivity contribution in [3.63, 3.8) is 0 Å². The number of H-pyrrole nitrogens is 1. The maximum Gasteiger partial charge on any atom is 0.226 e. The monoisotopic (exact) mass is 286 g/mol. The van der Waals surface area contributed by atoms with Gasteiger partial charge in [0.25, 0.3) is 0 Å². The van der Waals surface area contributed by atoms with Gasteiger partial charge in [-0.1, -0.05) is 0 Å². The topological polar surface area (TPSA) is 91.7 Å². The summed E-state index contributed by atoms with van der Waals surface area (Å²) in [6, 6.07) is 2.11. The summed E-state index contributed by atoms with van der Waals surface area (Å²) in [6.07, 6.45) is 1.72. The first kappa shape index (κ1) is 13.4. The first-order chi connectivity index (χ1) is 10.1. The fraction of sp³-hybridized carbons (Fsp3) is 0.357. The first-order valence-electron chi connectivity index (χ1n) is 6.81. The van der Waals surface area contributed by atoms with E-state index in [0.717, 1.165) is 28.3 Å². The number of rotatable bonds is 4. The minimum absolute atomic E-state index is 0.0696. The van der Waals surface area contributed by atoms with E-state index >= 15 is 0 Å². The third kappa shape index (κ3) is 2.42. The molecule has 0 amide bonds. The molecule has 0 radical (unpaired) electrons. The van der Waals surface area contributed by atoms with Gasteiger partial charge in [-0.15, -0.1) is 0 Å². The average molecular weight is 286 g/mol. The van der Waals surface area contributed by atoms with Crippen molar-refractivity contribution in [3.8, 4) is 0 Å². The van der Waals surface area contributed by atoms with E-state index in [0.29, 0.717) is 11.6 Å². The average Bonchev–Trinajstić information content (AvgIpc) is 3.04. The van der Waals surface area contributed by atoms with Gasteiger partial charge in [-0.2, -0.15) is 15.1 Å².